The first-order valence-corrected chi connectivity index (χ1v) is 13.3. The summed E-state index contributed by atoms with van der Waals surface area (Å²) in [6.45, 7) is 6.23. The highest BCUT2D eigenvalue weighted by atomic mass is 35.5. The highest BCUT2D eigenvalue weighted by Crippen LogP contribution is 2.46. The van der Waals surface area contributed by atoms with Gasteiger partial charge in [0.2, 0.25) is 0 Å². The molecule has 2 aromatic heterocycles. The third-order valence-electron chi connectivity index (χ3n) is 6.57. The van der Waals surface area contributed by atoms with Gasteiger partial charge in [-0.3, -0.25) is 9.36 Å². The van der Waals surface area contributed by atoms with Crippen molar-refractivity contribution in [3.63, 3.8) is 0 Å². The first-order chi connectivity index (χ1) is 17.6. The molecule has 2 aromatic carbocycles. The molecule has 0 unspecified atom stereocenters. The van der Waals surface area contributed by atoms with E-state index in [2.05, 4.69) is 32.1 Å². The summed E-state index contributed by atoms with van der Waals surface area (Å²) >= 11 is 14.3. The molecular weight excluding hydrogens is 527 g/mol. The molecule has 8 heteroatoms. The van der Waals surface area contributed by atoms with E-state index >= 15 is 0 Å². The second kappa shape index (κ2) is 9.67. The third-order valence-corrected chi connectivity index (χ3v) is 8.59. The molecule has 2 heterocycles. The van der Waals surface area contributed by atoms with Gasteiger partial charge >= 0.3 is 0 Å². The van der Waals surface area contributed by atoms with E-state index in [0.29, 0.717) is 38.4 Å². The number of fused-ring (bicyclic) bond motifs is 3. The van der Waals surface area contributed by atoms with E-state index in [0.717, 1.165) is 32.8 Å². The van der Waals surface area contributed by atoms with Crippen molar-refractivity contribution in [2.24, 2.45) is 0 Å². The Kier molecular flexibility index (Phi) is 6.69. The zero-order valence-corrected chi connectivity index (χ0v) is 23.5. The highest BCUT2D eigenvalue weighted by Gasteiger charge is 2.33. The van der Waals surface area contributed by atoms with Gasteiger partial charge in [0, 0.05) is 20.9 Å². The molecule has 1 aliphatic rings. The summed E-state index contributed by atoms with van der Waals surface area (Å²) in [5.41, 5.74) is 3.26. The van der Waals surface area contributed by atoms with Gasteiger partial charge in [-0.15, -0.1) is 11.3 Å². The maximum absolute atomic E-state index is 13.9. The number of aryl methyl sites for hydroxylation is 1. The fourth-order valence-corrected chi connectivity index (χ4v) is 6.51. The van der Waals surface area contributed by atoms with E-state index < -0.39 is 0 Å². The van der Waals surface area contributed by atoms with Crippen LogP contribution in [0.2, 0.25) is 10.0 Å². The lowest BCUT2D eigenvalue weighted by molar-refractivity contribution is 0.355. The lowest BCUT2D eigenvalue weighted by Crippen LogP contribution is -2.24. The number of rotatable bonds is 5. The maximum Gasteiger partial charge on any atom is 0.267 e. The molecule has 0 atom stereocenters. The van der Waals surface area contributed by atoms with Crippen molar-refractivity contribution in [1.29, 1.82) is 0 Å². The average molecular weight is 554 g/mol. The van der Waals surface area contributed by atoms with Crippen LogP contribution in [0, 0.1) is 6.92 Å². The molecule has 4 aromatic rings. The fraction of sp³-hybridized carbons (Fsp3) is 0.241. The van der Waals surface area contributed by atoms with Gasteiger partial charge in [0.15, 0.2) is 11.5 Å². The predicted octanol–water partition coefficient (Wildman–Crippen LogP) is 7.86. The highest BCUT2D eigenvalue weighted by molar-refractivity contribution is 7.19. The van der Waals surface area contributed by atoms with Crippen LogP contribution < -0.4 is 15.0 Å². The molecular formula is C29H26Cl2N2O3S. The molecule has 0 bridgehead atoms. The van der Waals surface area contributed by atoms with Crippen LogP contribution in [0.1, 0.15) is 42.1 Å². The number of halogens is 2. The molecule has 37 heavy (non-hydrogen) atoms. The molecule has 0 N–H and O–H groups in total. The van der Waals surface area contributed by atoms with Crippen LogP contribution in [-0.4, -0.2) is 23.8 Å². The van der Waals surface area contributed by atoms with Gasteiger partial charge in [-0.2, -0.15) is 0 Å². The van der Waals surface area contributed by atoms with E-state index in [9.17, 15) is 4.79 Å². The van der Waals surface area contributed by atoms with Gasteiger partial charge < -0.3 is 9.47 Å². The van der Waals surface area contributed by atoms with Crippen molar-refractivity contribution in [3.05, 3.63) is 90.3 Å². The van der Waals surface area contributed by atoms with Crippen molar-refractivity contribution in [2.45, 2.75) is 32.6 Å². The van der Waals surface area contributed by atoms with Crippen molar-refractivity contribution >= 4 is 56.9 Å². The summed E-state index contributed by atoms with van der Waals surface area (Å²) in [5.74, 6) is 1.93. The summed E-state index contributed by atoms with van der Waals surface area (Å²) in [7, 11) is 3.25. The number of hydrogen-bond acceptors (Lipinski definition) is 5. The molecule has 1 aliphatic carbocycles. The lowest BCUT2D eigenvalue weighted by Gasteiger charge is -2.29. The van der Waals surface area contributed by atoms with Crippen LogP contribution in [0.25, 0.3) is 28.1 Å². The van der Waals surface area contributed by atoms with E-state index in [1.807, 2.05) is 25.1 Å². The van der Waals surface area contributed by atoms with Gasteiger partial charge in [0.25, 0.3) is 5.56 Å². The van der Waals surface area contributed by atoms with Gasteiger partial charge in [0.1, 0.15) is 10.7 Å². The Morgan fingerprint density at radius 1 is 1.05 bits per heavy atom. The summed E-state index contributed by atoms with van der Waals surface area (Å²) in [6, 6.07) is 10.9. The third kappa shape index (κ3) is 4.58. The van der Waals surface area contributed by atoms with Gasteiger partial charge in [-0.05, 0) is 60.9 Å². The quantitative estimate of drug-likeness (QED) is 0.253. The van der Waals surface area contributed by atoms with Gasteiger partial charge in [0.05, 0.1) is 30.3 Å². The molecule has 0 fully saturated rings. The topological polar surface area (TPSA) is 53.4 Å². The molecule has 0 spiro atoms. The summed E-state index contributed by atoms with van der Waals surface area (Å²) in [5, 5.41) is 1.54. The van der Waals surface area contributed by atoms with Crippen LogP contribution in [0.15, 0.2) is 52.8 Å². The summed E-state index contributed by atoms with van der Waals surface area (Å²) < 4.78 is 12.3. The second-order valence-corrected chi connectivity index (χ2v) is 11.5. The molecule has 0 saturated heterocycles. The molecule has 0 amide bonds. The summed E-state index contributed by atoms with van der Waals surface area (Å²) in [4.78, 5) is 20.6. The van der Waals surface area contributed by atoms with Crippen LogP contribution in [0.3, 0.4) is 0 Å². The first kappa shape index (κ1) is 25.6. The smallest absolute Gasteiger partial charge is 0.267 e. The maximum atomic E-state index is 13.9. The number of allylic oxidation sites excluding steroid dienone is 2. The van der Waals surface area contributed by atoms with Crippen LogP contribution >= 0.6 is 34.5 Å². The van der Waals surface area contributed by atoms with Crippen molar-refractivity contribution < 1.29 is 9.47 Å². The number of benzene rings is 2. The van der Waals surface area contributed by atoms with Gasteiger partial charge in [-0.1, -0.05) is 55.3 Å². The minimum absolute atomic E-state index is 0.152. The minimum atomic E-state index is -0.161. The zero-order valence-electron chi connectivity index (χ0n) is 21.2. The minimum Gasteiger partial charge on any atom is -0.493 e. The van der Waals surface area contributed by atoms with E-state index in [4.69, 9.17) is 37.7 Å². The molecule has 5 rings (SSSR count). The number of methoxy groups -OCH3 is 2. The number of nitrogens with zero attached hydrogens (tertiary/aromatic N) is 2. The summed E-state index contributed by atoms with van der Waals surface area (Å²) in [6.07, 6.45) is 7.10. The molecule has 0 aliphatic heterocycles. The van der Waals surface area contributed by atoms with Crippen molar-refractivity contribution in [3.8, 4) is 17.2 Å². The predicted molar refractivity (Wildman–Crippen MR) is 154 cm³/mol. The van der Waals surface area contributed by atoms with Crippen LogP contribution in [0.5, 0.6) is 11.5 Å². The Morgan fingerprint density at radius 3 is 2.54 bits per heavy atom. The Morgan fingerprint density at radius 2 is 1.81 bits per heavy atom. The monoisotopic (exact) mass is 552 g/mol. The first-order valence-electron chi connectivity index (χ1n) is 11.8. The van der Waals surface area contributed by atoms with E-state index in [-0.39, 0.29) is 11.0 Å². The molecule has 0 radical (unpaired) electrons. The van der Waals surface area contributed by atoms with Crippen molar-refractivity contribution in [2.75, 3.05) is 14.2 Å². The van der Waals surface area contributed by atoms with Gasteiger partial charge in [-0.25, -0.2) is 4.98 Å². The molecule has 5 nitrogen and oxygen atoms in total. The standard InChI is InChI=1S/C29H26Cl2N2O3S/c1-16-32-27-25(28(34)33(16)22-14-19(30)9-10-21(22)31)20-12-18(15-29(2,3)26(20)37-27)7-6-17-8-11-23(35-4)24(13-17)36-5/h6-14H,15H2,1-5H3/b7-6+. The molecule has 0 saturated carbocycles. The van der Waals surface area contributed by atoms with Crippen LogP contribution in [-0.2, 0) is 5.41 Å². The van der Waals surface area contributed by atoms with Crippen molar-refractivity contribution in [1.82, 2.24) is 9.55 Å². The number of thiophene rings is 1. The Labute approximate surface area is 229 Å². The molecule has 190 valence electrons. The number of hydrogen-bond donors (Lipinski definition) is 0. The zero-order chi connectivity index (χ0) is 26.5. The van der Waals surface area contributed by atoms with E-state index in [1.165, 1.54) is 0 Å². The number of aromatic nitrogens is 2. The van der Waals surface area contributed by atoms with Crippen LogP contribution in [0.4, 0.5) is 0 Å². The van der Waals surface area contributed by atoms with E-state index in [1.54, 1.807) is 48.3 Å². The average Bonchev–Trinajstić information content (AvgIpc) is 3.23. The lowest BCUT2D eigenvalue weighted by atomic mass is 9.77. The largest absolute Gasteiger partial charge is 0.493 e. The Hall–Kier alpha value is -3.06. The SMILES string of the molecule is COc1ccc(/C=C/C2=Cc3c(sc4nc(C)n(-c5cc(Cl)ccc5Cl)c(=O)c34)C(C)(C)C2)cc1OC. The fourth-order valence-electron chi connectivity index (χ4n) is 4.85. The Balaban J connectivity index is 1.66. The normalized spacial score (nSPS) is 14.6. The Bertz CT molecular complexity index is 1660. The number of ether oxygens (including phenoxy) is 2. The second-order valence-electron chi connectivity index (χ2n) is 9.65.